The second kappa shape index (κ2) is 15.1. The monoisotopic (exact) mass is 690 g/mol. The fraction of sp³-hybridized carbons (Fsp3) is 0.122. The van der Waals surface area contributed by atoms with E-state index in [9.17, 15) is 28.4 Å². The van der Waals surface area contributed by atoms with Gasteiger partial charge in [0.15, 0.2) is 12.3 Å². The topological polar surface area (TPSA) is 107 Å². The lowest BCUT2D eigenvalue weighted by Crippen LogP contribution is -2.37. The molecule has 0 bridgehead atoms. The number of fused-ring (bicyclic) bond motifs is 1. The first-order chi connectivity index (χ1) is 24.2. The number of non-ortho nitro benzene ring substituents is 1. The summed E-state index contributed by atoms with van der Waals surface area (Å²) in [4.78, 5) is 19.8. The molecular weight excluding hydrogens is 657 g/mol. The molecule has 0 saturated carbocycles. The van der Waals surface area contributed by atoms with E-state index in [1.54, 1.807) is 0 Å². The number of nitro benzene ring substituents is 1. The number of aliphatic carboxylic acids is 1. The fourth-order valence-electron chi connectivity index (χ4n) is 5.91. The lowest BCUT2D eigenvalue weighted by Gasteiger charge is -2.18. The highest BCUT2D eigenvalue weighted by Gasteiger charge is 2.46. The molecule has 1 aliphatic heterocycles. The second-order valence-corrected chi connectivity index (χ2v) is 12.3. The number of hydrogen-bond acceptors (Lipinski definition) is 5. The Morgan fingerprint density at radius 1 is 0.765 bits per heavy atom. The molecule has 1 aliphatic rings. The number of phenols is 1. The SMILES string of the molecule is CC1(C)C(c2ccccc2)=[N+](Cc2cc([N+](=O)[O-])ccc2O)c2ccc(/C=C/c3ccc(/C=C/c4ccccc4)cc3)cc21.O=C([O-])C(F)(F)F. The van der Waals surface area contributed by atoms with Gasteiger partial charge in [-0.2, -0.15) is 17.7 Å². The lowest BCUT2D eigenvalue weighted by molar-refractivity contribution is -0.455. The van der Waals surface area contributed by atoms with Gasteiger partial charge in [-0.3, -0.25) is 10.1 Å². The average molecular weight is 691 g/mol. The van der Waals surface area contributed by atoms with Gasteiger partial charge in [-0.1, -0.05) is 97.1 Å². The van der Waals surface area contributed by atoms with Crippen LogP contribution in [-0.4, -0.2) is 32.5 Å². The number of benzene rings is 5. The van der Waals surface area contributed by atoms with Gasteiger partial charge in [-0.05, 0) is 66.4 Å². The highest BCUT2D eigenvalue weighted by Crippen LogP contribution is 2.43. The molecule has 0 unspecified atom stereocenters. The Labute approximate surface area is 292 Å². The molecule has 0 aromatic heterocycles. The molecule has 0 saturated heterocycles. The number of nitrogens with zero attached hydrogens (tertiary/aromatic N) is 2. The molecule has 0 atom stereocenters. The molecule has 6 rings (SSSR count). The first-order valence-corrected chi connectivity index (χ1v) is 15.8. The van der Waals surface area contributed by atoms with Crippen molar-refractivity contribution in [3.8, 4) is 5.75 Å². The highest BCUT2D eigenvalue weighted by atomic mass is 19.4. The van der Waals surface area contributed by atoms with Crippen molar-refractivity contribution in [2.24, 2.45) is 0 Å². The van der Waals surface area contributed by atoms with E-state index >= 15 is 0 Å². The van der Waals surface area contributed by atoms with E-state index in [0.29, 0.717) is 12.1 Å². The number of hydrogen-bond donors (Lipinski definition) is 1. The summed E-state index contributed by atoms with van der Waals surface area (Å²) in [6, 6.07) is 39.5. The Hall–Kier alpha value is -6.29. The molecule has 7 nitrogen and oxygen atoms in total. The smallest absolute Gasteiger partial charge is 0.430 e. The van der Waals surface area contributed by atoms with Crippen LogP contribution in [0.25, 0.3) is 24.3 Å². The van der Waals surface area contributed by atoms with Crippen LogP contribution < -0.4 is 5.11 Å². The Balaban J connectivity index is 0.000000654. The first-order valence-electron chi connectivity index (χ1n) is 15.8. The summed E-state index contributed by atoms with van der Waals surface area (Å²) >= 11 is 0. The third kappa shape index (κ3) is 8.66. The van der Waals surface area contributed by atoms with Gasteiger partial charge in [0.05, 0.1) is 15.9 Å². The Bertz CT molecular complexity index is 2140. The van der Waals surface area contributed by atoms with Crippen molar-refractivity contribution in [3.63, 3.8) is 0 Å². The maximum absolute atomic E-state index is 11.5. The third-order valence-electron chi connectivity index (χ3n) is 8.40. The van der Waals surface area contributed by atoms with Crippen LogP contribution in [-0.2, 0) is 16.8 Å². The van der Waals surface area contributed by atoms with E-state index < -0.39 is 17.1 Å². The zero-order valence-corrected chi connectivity index (χ0v) is 27.7. The van der Waals surface area contributed by atoms with Gasteiger partial charge in [-0.25, -0.2) is 0 Å². The van der Waals surface area contributed by atoms with Crippen molar-refractivity contribution < 1.29 is 37.7 Å². The minimum atomic E-state index is -5.19. The standard InChI is InChI=1S/C39H32N2O3.C2HF3O2/c1-39(2)35-25-31(20-19-30-17-15-29(16-18-30)14-13-28-9-5-3-6-10-28)21-23-36(35)40(38(39)32-11-7-4-8-12-32)27-33-26-34(41(43)44)22-24-37(33)42;3-2(4,5)1(6)7/h3-26H,27H2,1-2H3;(H,6,7)/b14-13+,20-19+;. The van der Waals surface area contributed by atoms with Gasteiger partial charge in [0.2, 0.25) is 5.69 Å². The van der Waals surface area contributed by atoms with Gasteiger partial charge < -0.3 is 15.0 Å². The number of rotatable bonds is 8. The Morgan fingerprint density at radius 3 is 1.78 bits per heavy atom. The molecule has 5 aromatic carbocycles. The molecule has 1 heterocycles. The second-order valence-electron chi connectivity index (χ2n) is 12.3. The Morgan fingerprint density at radius 2 is 1.25 bits per heavy atom. The molecule has 0 radical (unpaired) electrons. The normalized spacial score (nSPS) is 13.6. The molecule has 10 heteroatoms. The van der Waals surface area contributed by atoms with Crippen molar-refractivity contribution in [2.45, 2.75) is 32.0 Å². The van der Waals surface area contributed by atoms with E-state index in [1.165, 1.54) is 23.8 Å². The molecule has 0 spiro atoms. The lowest BCUT2D eigenvalue weighted by atomic mass is 9.78. The molecule has 51 heavy (non-hydrogen) atoms. The zero-order chi connectivity index (χ0) is 36.8. The van der Waals surface area contributed by atoms with E-state index in [1.807, 2.05) is 36.4 Å². The van der Waals surface area contributed by atoms with Gasteiger partial charge >= 0.3 is 6.18 Å². The van der Waals surface area contributed by atoms with Crippen molar-refractivity contribution in [1.82, 2.24) is 0 Å². The maximum Gasteiger partial charge on any atom is 0.430 e. The minimum Gasteiger partial charge on any atom is -0.542 e. The molecular formula is C41H33F3N2O5. The van der Waals surface area contributed by atoms with Crippen LogP contribution >= 0.6 is 0 Å². The number of carbonyl (C=O) groups is 1. The summed E-state index contributed by atoms with van der Waals surface area (Å²) in [7, 11) is 0. The largest absolute Gasteiger partial charge is 0.542 e. The van der Waals surface area contributed by atoms with E-state index in [4.69, 9.17) is 9.90 Å². The molecule has 5 aromatic rings. The molecule has 1 N–H and O–H groups in total. The number of nitro groups is 1. The van der Waals surface area contributed by atoms with Crippen LogP contribution in [0, 0.1) is 10.1 Å². The predicted molar refractivity (Wildman–Crippen MR) is 190 cm³/mol. The molecule has 0 amide bonds. The summed E-state index contributed by atoms with van der Waals surface area (Å²) in [5, 5.41) is 30.9. The van der Waals surface area contributed by atoms with Crippen molar-refractivity contribution in [1.29, 1.82) is 0 Å². The van der Waals surface area contributed by atoms with E-state index in [2.05, 4.69) is 109 Å². The van der Waals surface area contributed by atoms with Crippen molar-refractivity contribution in [3.05, 3.63) is 170 Å². The van der Waals surface area contributed by atoms with Crippen LogP contribution in [0.2, 0.25) is 0 Å². The number of alkyl halides is 3. The number of carboxylic acid groups (broad SMARTS) is 1. The van der Waals surface area contributed by atoms with Crippen molar-refractivity contribution in [2.75, 3.05) is 0 Å². The summed E-state index contributed by atoms with van der Waals surface area (Å²) in [5.41, 5.74) is 8.93. The predicted octanol–water partition coefficient (Wildman–Crippen LogP) is 8.56. The highest BCUT2D eigenvalue weighted by molar-refractivity contribution is 6.07. The molecule has 0 aliphatic carbocycles. The van der Waals surface area contributed by atoms with Crippen LogP contribution in [0.4, 0.5) is 24.5 Å². The first kappa shape index (κ1) is 36.0. The summed E-state index contributed by atoms with van der Waals surface area (Å²) in [6.45, 7) is 4.71. The summed E-state index contributed by atoms with van der Waals surface area (Å²) < 4.78 is 33.7. The van der Waals surface area contributed by atoms with Crippen LogP contribution in [0.5, 0.6) is 5.75 Å². The van der Waals surface area contributed by atoms with Crippen LogP contribution in [0.1, 0.15) is 52.8 Å². The maximum atomic E-state index is 11.5. The number of carboxylic acids is 1. The minimum absolute atomic E-state index is 0.0374. The van der Waals surface area contributed by atoms with Gasteiger partial charge in [0.1, 0.15) is 11.7 Å². The van der Waals surface area contributed by atoms with E-state index in [0.717, 1.165) is 39.2 Å². The Kier molecular flexibility index (Phi) is 10.6. The number of carbonyl (C=O) groups excluding carboxylic acids is 1. The number of aromatic hydroxyl groups is 1. The number of halogens is 3. The summed E-state index contributed by atoms with van der Waals surface area (Å²) in [5.74, 6) is -2.97. The molecule has 258 valence electrons. The van der Waals surface area contributed by atoms with Gasteiger partial charge in [0, 0.05) is 29.3 Å². The van der Waals surface area contributed by atoms with Crippen molar-refractivity contribution >= 4 is 47.4 Å². The third-order valence-corrected chi connectivity index (χ3v) is 8.40. The van der Waals surface area contributed by atoms with Gasteiger partial charge in [0.25, 0.3) is 5.69 Å². The number of phenolic OH excluding ortho intramolecular Hbond substituents is 1. The van der Waals surface area contributed by atoms with Gasteiger partial charge in [-0.15, -0.1) is 0 Å². The van der Waals surface area contributed by atoms with Crippen LogP contribution in [0.15, 0.2) is 121 Å². The van der Waals surface area contributed by atoms with E-state index in [-0.39, 0.29) is 16.9 Å². The van der Waals surface area contributed by atoms with Crippen LogP contribution in [0.3, 0.4) is 0 Å². The average Bonchev–Trinajstić information content (AvgIpc) is 3.33. The molecule has 0 fully saturated rings. The summed E-state index contributed by atoms with van der Waals surface area (Å²) in [6.07, 6.45) is 3.28. The zero-order valence-electron chi connectivity index (χ0n) is 27.7. The fourth-order valence-corrected chi connectivity index (χ4v) is 5.91. The quantitative estimate of drug-likeness (QED) is 0.0760.